The minimum absolute atomic E-state index is 0.00136. The Kier molecular flexibility index (Phi) is 4.30. The van der Waals surface area contributed by atoms with Crippen molar-refractivity contribution in [2.24, 2.45) is 18.9 Å². The van der Waals surface area contributed by atoms with Crippen molar-refractivity contribution in [1.29, 1.82) is 0 Å². The molecule has 2 aromatic rings. The molecule has 0 radical (unpaired) electrons. The number of anilines is 1. The first-order valence-electron chi connectivity index (χ1n) is 9.80. The molecule has 2 bridgehead atoms. The normalized spacial score (nSPS) is 25.8. The summed E-state index contributed by atoms with van der Waals surface area (Å²) < 4.78 is 13.9. The molecule has 0 saturated carbocycles. The molecule has 2 saturated heterocycles. The Balaban J connectivity index is 1.36. The monoisotopic (exact) mass is 400 g/mol. The number of hydrogen-bond donors (Lipinski definition) is 1. The number of rotatable bonds is 3. The maximum Gasteiger partial charge on any atom is 0.407 e. The maximum absolute atomic E-state index is 11.4. The molecule has 10 nitrogen and oxygen atoms in total. The summed E-state index contributed by atoms with van der Waals surface area (Å²) in [6, 6.07) is 0. The Labute approximate surface area is 168 Å². The van der Waals surface area contributed by atoms with Crippen LogP contribution in [0.3, 0.4) is 0 Å². The van der Waals surface area contributed by atoms with E-state index in [0.29, 0.717) is 32.2 Å². The first-order chi connectivity index (χ1) is 14.0. The van der Waals surface area contributed by atoms with Gasteiger partial charge in [-0.3, -0.25) is 4.68 Å². The lowest BCUT2D eigenvalue weighted by molar-refractivity contribution is -0.108. The molecule has 3 atom stereocenters. The summed E-state index contributed by atoms with van der Waals surface area (Å²) in [5, 5.41) is 13.7. The minimum Gasteiger partial charge on any atom is -0.473 e. The second kappa shape index (κ2) is 6.87. The number of piperidine rings is 1. The Hall–Kier alpha value is -2.88. The largest absolute Gasteiger partial charge is 0.473 e. The first kappa shape index (κ1) is 18.2. The van der Waals surface area contributed by atoms with Crippen LogP contribution in [0.4, 0.5) is 10.6 Å². The molecular formula is C19H24N6O4. The van der Waals surface area contributed by atoms with E-state index in [1.807, 2.05) is 24.9 Å². The number of ether oxygens (including phenoxy) is 2. The molecule has 0 aromatic carbocycles. The van der Waals surface area contributed by atoms with Gasteiger partial charge in [-0.1, -0.05) is 0 Å². The number of amides is 1. The van der Waals surface area contributed by atoms with Crippen molar-refractivity contribution in [3.05, 3.63) is 29.3 Å². The van der Waals surface area contributed by atoms with Crippen molar-refractivity contribution in [2.45, 2.75) is 26.1 Å². The number of hydrogen-bond acceptors (Lipinski definition) is 7. The van der Waals surface area contributed by atoms with Crippen molar-refractivity contribution in [3.8, 4) is 5.88 Å². The predicted octanol–water partition coefficient (Wildman–Crippen LogP) is 1.04. The smallest absolute Gasteiger partial charge is 0.407 e. The molecule has 2 aromatic heterocycles. The van der Waals surface area contributed by atoms with Crippen molar-refractivity contribution in [2.75, 3.05) is 31.2 Å². The van der Waals surface area contributed by atoms with E-state index in [1.54, 1.807) is 0 Å². The fourth-order valence-corrected chi connectivity index (χ4v) is 4.68. The maximum atomic E-state index is 11.4. The van der Waals surface area contributed by atoms with E-state index in [2.05, 4.69) is 20.0 Å². The van der Waals surface area contributed by atoms with Crippen LogP contribution < -0.4 is 9.64 Å². The fraction of sp³-hybridized carbons (Fsp3) is 0.579. The van der Waals surface area contributed by atoms with Gasteiger partial charge in [0.15, 0.2) is 0 Å². The van der Waals surface area contributed by atoms with E-state index in [0.717, 1.165) is 24.5 Å². The number of aryl methyl sites for hydroxylation is 1. The molecule has 1 amide bonds. The van der Waals surface area contributed by atoms with Gasteiger partial charge >= 0.3 is 6.09 Å². The molecule has 3 aliphatic rings. The third kappa shape index (κ3) is 3.07. The topological polar surface area (TPSA) is 106 Å². The van der Waals surface area contributed by atoms with Crippen LogP contribution in [0.1, 0.15) is 16.8 Å². The molecule has 154 valence electrons. The first-order valence-corrected chi connectivity index (χ1v) is 9.80. The Morgan fingerprint density at radius 2 is 2.00 bits per heavy atom. The number of aromatic nitrogens is 4. The number of fused-ring (bicyclic) bond motifs is 3. The fourth-order valence-electron chi connectivity index (χ4n) is 4.68. The van der Waals surface area contributed by atoms with E-state index < -0.39 is 6.09 Å². The third-order valence-electron chi connectivity index (χ3n) is 6.18. The third-order valence-corrected chi connectivity index (χ3v) is 6.18. The quantitative estimate of drug-likeness (QED) is 0.815. The lowest BCUT2D eigenvalue weighted by Gasteiger charge is -2.45. The highest BCUT2D eigenvalue weighted by Crippen LogP contribution is 2.35. The Morgan fingerprint density at radius 1 is 1.24 bits per heavy atom. The predicted molar refractivity (Wildman–Crippen MR) is 102 cm³/mol. The average Bonchev–Trinajstić information content (AvgIpc) is 3.25. The lowest BCUT2D eigenvalue weighted by atomic mass is 9.84. The van der Waals surface area contributed by atoms with Crippen molar-refractivity contribution < 1.29 is 19.4 Å². The van der Waals surface area contributed by atoms with E-state index >= 15 is 0 Å². The van der Waals surface area contributed by atoms with Crippen LogP contribution in [0.25, 0.3) is 0 Å². The van der Waals surface area contributed by atoms with Gasteiger partial charge in [0.25, 0.3) is 0 Å². The van der Waals surface area contributed by atoms with E-state index in [9.17, 15) is 9.90 Å². The van der Waals surface area contributed by atoms with E-state index in [-0.39, 0.29) is 17.9 Å². The summed E-state index contributed by atoms with van der Waals surface area (Å²) in [5.74, 6) is 1.42. The van der Waals surface area contributed by atoms with Gasteiger partial charge in [-0.25, -0.2) is 14.8 Å². The second-order valence-electron chi connectivity index (χ2n) is 8.05. The molecule has 3 aliphatic heterocycles. The zero-order valence-corrected chi connectivity index (χ0v) is 16.5. The summed E-state index contributed by atoms with van der Waals surface area (Å²) in [5.41, 5.74) is 3.30. The molecule has 1 unspecified atom stereocenters. The highest BCUT2D eigenvalue weighted by molar-refractivity contribution is 5.65. The zero-order valence-electron chi connectivity index (χ0n) is 16.5. The summed E-state index contributed by atoms with van der Waals surface area (Å²) >= 11 is 0. The summed E-state index contributed by atoms with van der Waals surface area (Å²) in [7, 11) is 1.95. The van der Waals surface area contributed by atoms with Crippen LogP contribution in [0.2, 0.25) is 0 Å². The van der Waals surface area contributed by atoms with Crippen LogP contribution in [0.15, 0.2) is 12.5 Å². The van der Waals surface area contributed by atoms with Gasteiger partial charge in [0, 0.05) is 44.1 Å². The highest BCUT2D eigenvalue weighted by atomic mass is 16.5. The van der Waals surface area contributed by atoms with Crippen LogP contribution in [0.5, 0.6) is 5.88 Å². The number of carboxylic acid groups (broad SMARTS) is 1. The number of carbonyl (C=O) groups is 1. The molecule has 0 aliphatic carbocycles. The van der Waals surface area contributed by atoms with E-state index in [4.69, 9.17) is 9.47 Å². The van der Waals surface area contributed by atoms with Crippen molar-refractivity contribution in [1.82, 2.24) is 24.6 Å². The highest BCUT2D eigenvalue weighted by Gasteiger charge is 2.44. The van der Waals surface area contributed by atoms with Gasteiger partial charge < -0.3 is 24.4 Å². The average molecular weight is 400 g/mol. The molecule has 29 heavy (non-hydrogen) atoms. The molecule has 10 heteroatoms. The van der Waals surface area contributed by atoms with Gasteiger partial charge in [0.1, 0.15) is 18.2 Å². The SMILES string of the molecule is Cc1c(OC2[C@@H]3COC[C@H]2CN(C(=O)O)C3)ncnc1N1Cc2cnn(C)c2C1. The van der Waals surface area contributed by atoms with Gasteiger partial charge in [-0.05, 0) is 6.92 Å². The van der Waals surface area contributed by atoms with Crippen LogP contribution >= 0.6 is 0 Å². The number of nitrogens with zero attached hydrogens (tertiary/aromatic N) is 6. The van der Waals surface area contributed by atoms with E-state index in [1.165, 1.54) is 22.5 Å². The molecular weight excluding hydrogens is 376 g/mol. The molecule has 0 spiro atoms. The standard InChI is InChI=1S/C19H24N6O4/c1-11-17(24-4-12-3-22-23(2)15(12)7-24)20-10-21-18(11)29-16-13-5-25(19(26)27)6-14(16)9-28-8-13/h3,10,13-14,16H,4-9H2,1-2H3,(H,26,27)/t13-,14+,16?. The van der Waals surface area contributed by atoms with Gasteiger partial charge in [0.05, 0.1) is 37.2 Å². The summed E-state index contributed by atoms with van der Waals surface area (Å²) in [6.07, 6.45) is 2.45. The Morgan fingerprint density at radius 3 is 2.69 bits per heavy atom. The molecule has 5 heterocycles. The van der Waals surface area contributed by atoms with Crippen molar-refractivity contribution in [3.63, 3.8) is 0 Å². The summed E-state index contributed by atoms with van der Waals surface area (Å²) in [4.78, 5) is 24.0. The van der Waals surface area contributed by atoms with Crippen LogP contribution in [0, 0.1) is 18.8 Å². The minimum atomic E-state index is -0.885. The van der Waals surface area contributed by atoms with Gasteiger partial charge in [-0.15, -0.1) is 0 Å². The van der Waals surface area contributed by atoms with Gasteiger partial charge in [0.2, 0.25) is 5.88 Å². The lowest BCUT2D eigenvalue weighted by Crippen LogP contribution is -2.58. The zero-order chi connectivity index (χ0) is 20.1. The van der Waals surface area contributed by atoms with Crippen LogP contribution in [-0.4, -0.2) is 68.3 Å². The second-order valence-corrected chi connectivity index (χ2v) is 8.05. The number of likely N-dealkylation sites (tertiary alicyclic amines) is 1. The van der Waals surface area contributed by atoms with Crippen molar-refractivity contribution >= 4 is 11.9 Å². The molecule has 1 N–H and O–H groups in total. The Bertz CT molecular complexity index is 933. The van der Waals surface area contributed by atoms with Crippen LogP contribution in [-0.2, 0) is 24.9 Å². The molecule has 5 rings (SSSR count). The van der Waals surface area contributed by atoms with Gasteiger partial charge in [-0.2, -0.15) is 5.10 Å². The summed E-state index contributed by atoms with van der Waals surface area (Å²) in [6.45, 7) is 5.32. The molecule has 2 fully saturated rings.